The van der Waals surface area contributed by atoms with E-state index in [1.165, 1.54) is 7.11 Å². The van der Waals surface area contributed by atoms with Crippen molar-refractivity contribution in [1.82, 2.24) is 0 Å². The van der Waals surface area contributed by atoms with Crippen LogP contribution in [0.5, 0.6) is 0 Å². The summed E-state index contributed by atoms with van der Waals surface area (Å²) in [6.45, 7) is 0.375. The minimum absolute atomic E-state index is 0.375. The van der Waals surface area contributed by atoms with E-state index in [0.717, 1.165) is 5.69 Å². The number of carbonyl (C=O) groups is 1. The number of para-hydroxylation sites is 1. The summed E-state index contributed by atoms with van der Waals surface area (Å²) in [7, 11) is 3.22. The van der Waals surface area contributed by atoms with Crippen molar-refractivity contribution in [3.05, 3.63) is 30.3 Å². The molecule has 0 atom stereocenters. The van der Waals surface area contributed by atoms with Crippen LogP contribution in [0.3, 0.4) is 0 Å². The molecule has 0 amide bonds. The lowest BCUT2D eigenvalue weighted by molar-refractivity contribution is -0.126. The molecule has 1 aromatic carbocycles. The Hall–Kier alpha value is -1.51. The zero-order valence-corrected chi connectivity index (χ0v) is 7.28. The zero-order valence-electron chi connectivity index (χ0n) is 7.28. The molecule has 0 aliphatic carbocycles. The number of methoxy groups -OCH3 is 1. The number of ether oxygens (including phenoxy) is 1. The Morgan fingerprint density at radius 2 is 1.83 bits per heavy atom. The van der Waals surface area contributed by atoms with E-state index in [0.29, 0.717) is 6.47 Å². The molecule has 0 radical (unpaired) electrons. The van der Waals surface area contributed by atoms with Gasteiger partial charge in [0, 0.05) is 12.7 Å². The summed E-state index contributed by atoms with van der Waals surface area (Å²) < 4.78 is 3.86. The van der Waals surface area contributed by atoms with Crippen LogP contribution in [-0.2, 0) is 9.53 Å². The van der Waals surface area contributed by atoms with Gasteiger partial charge in [0.05, 0.1) is 7.11 Å². The summed E-state index contributed by atoms with van der Waals surface area (Å²) in [5.41, 5.74) is 1.16. The van der Waals surface area contributed by atoms with Crippen LogP contribution >= 0.6 is 0 Å². The van der Waals surface area contributed by atoms with Gasteiger partial charge < -0.3 is 10.1 Å². The van der Waals surface area contributed by atoms with Gasteiger partial charge in [-0.2, -0.15) is 0 Å². The summed E-state index contributed by atoms with van der Waals surface area (Å²) in [5.74, 6) is 0. The van der Waals surface area contributed by atoms with E-state index in [-0.39, 0.29) is 0 Å². The highest BCUT2D eigenvalue weighted by Crippen LogP contribution is 2.01. The van der Waals surface area contributed by atoms with E-state index in [4.69, 9.17) is 4.79 Å². The third-order valence-electron chi connectivity index (χ3n) is 1.16. The Bertz CT molecular complexity index is 199. The highest BCUT2D eigenvalue weighted by Gasteiger charge is 1.77. The zero-order chi connectivity index (χ0) is 9.23. The fraction of sp³-hybridized carbons (Fsp3) is 0.222. The van der Waals surface area contributed by atoms with Crippen molar-refractivity contribution < 1.29 is 9.53 Å². The van der Waals surface area contributed by atoms with E-state index in [2.05, 4.69) is 10.1 Å². The van der Waals surface area contributed by atoms with Gasteiger partial charge in [-0.15, -0.1) is 0 Å². The van der Waals surface area contributed by atoms with Gasteiger partial charge >= 0.3 is 0 Å². The van der Waals surface area contributed by atoms with Crippen LogP contribution in [0.4, 0.5) is 5.69 Å². The molecule has 0 heterocycles. The number of benzene rings is 1. The number of carbonyl (C=O) groups excluding carboxylic acids is 1. The number of anilines is 1. The molecule has 0 fully saturated rings. The van der Waals surface area contributed by atoms with Crippen LogP contribution in [0.15, 0.2) is 30.3 Å². The third kappa shape index (κ3) is 5.29. The maximum Gasteiger partial charge on any atom is 0.292 e. The second kappa shape index (κ2) is 7.60. The number of hydrogen-bond donors (Lipinski definition) is 1. The average molecular weight is 167 g/mol. The van der Waals surface area contributed by atoms with Crippen molar-refractivity contribution in [2.45, 2.75) is 0 Å². The van der Waals surface area contributed by atoms with Crippen LogP contribution in [0.2, 0.25) is 0 Å². The quantitative estimate of drug-likeness (QED) is 0.678. The second-order valence-corrected chi connectivity index (χ2v) is 1.95. The molecule has 0 aliphatic heterocycles. The highest BCUT2D eigenvalue weighted by molar-refractivity contribution is 5.41. The topological polar surface area (TPSA) is 38.3 Å². The molecule has 0 bridgehead atoms. The largest absolute Gasteiger partial charge is 0.471 e. The lowest BCUT2D eigenvalue weighted by Crippen LogP contribution is -1.84. The highest BCUT2D eigenvalue weighted by atomic mass is 16.5. The van der Waals surface area contributed by atoms with Gasteiger partial charge in [-0.05, 0) is 12.1 Å². The van der Waals surface area contributed by atoms with Gasteiger partial charge in [0.2, 0.25) is 0 Å². The summed E-state index contributed by atoms with van der Waals surface area (Å²) in [4.78, 5) is 8.95. The van der Waals surface area contributed by atoms with E-state index < -0.39 is 0 Å². The number of nitrogens with one attached hydrogen (secondary N) is 1. The van der Waals surface area contributed by atoms with Crippen LogP contribution < -0.4 is 5.32 Å². The first kappa shape index (κ1) is 10.5. The van der Waals surface area contributed by atoms with E-state index >= 15 is 0 Å². The van der Waals surface area contributed by atoms with Gasteiger partial charge in [0.1, 0.15) is 0 Å². The standard InChI is InChI=1S/C7H9N.C2H4O2/c1-8-7-5-3-2-4-6-7;1-4-2-3/h2-6,8H,1H3;2H,1H3. The maximum absolute atomic E-state index is 8.95. The van der Waals surface area contributed by atoms with Crippen molar-refractivity contribution in [2.24, 2.45) is 0 Å². The Kier molecular flexibility index (Phi) is 6.64. The number of rotatable bonds is 2. The second-order valence-electron chi connectivity index (χ2n) is 1.95. The first-order chi connectivity index (χ1) is 5.85. The van der Waals surface area contributed by atoms with Crippen molar-refractivity contribution in [2.75, 3.05) is 19.5 Å². The molecule has 0 aromatic heterocycles. The van der Waals surface area contributed by atoms with E-state index in [9.17, 15) is 0 Å². The molecule has 1 aromatic rings. The molecule has 3 nitrogen and oxygen atoms in total. The molecule has 0 saturated heterocycles. The minimum Gasteiger partial charge on any atom is -0.471 e. The van der Waals surface area contributed by atoms with Gasteiger partial charge in [-0.1, -0.05) is 18.2 Å². The first-order valence-electron chi connectivity index (χ1n) is 3.54. The molecule has 0 spiro atoms. The van der Waals surface area contributed by atoms with Crippen LogP contribution in [-0.4, -0.2) is 20.6 Å². The average Bonchev–Trinajstić information content (AvgIpc) is 2.19. The normalized spacial score (nSPS) is 7.50. The van der Waals surface area contributed by atoms with Gasteiger partial charge in [-0.3, -0.25) is 4.79 Å². The predicted molar refractivity (Wildman–Crippen MR) is 49.1 cm³/mol. The SMILES string of the molecule is CNc1ccccc1.COC=O. The molecule has 66 valence electrons. The summed E-state index contributed by atoms with van der Waals surface area (Å²) in [6.07, 6.45) is 0. The first-order valence-corrected chi connectivity index (χ1v) is 3.54. The fourth-order valence-corrected chi connectivity index (χ4v) is 0.605. The van der Waals surface area contributed by atoms with Crippen molar-refractivity contribution >= 4 is 12.2 Å². The van der Waals surface area contributed by atoms with Crippen molar-refractivity contribution in [3.63, 3.8) is 0 Å². The van der Waals surface area contributed by atoms with Crippen LogP contribution in [0.25, 0.3) is 0 Å². The lowest BCUT2D eigenvalue weighted by atomic mass is 10.3. The molecule has 0 saturated carbocycles. The van der Waals surface area contributed by atoms with Crippen LogP contribution in [0, 0.1) is 0 Å². The third-order valence-corrected chi connectivity index (χ3v) is 1.16. The monoisotopic (exact) mass is 167 g/mol. The smallest absolute Gasteiger partial charge is 0.292 e. The Labute approximate surface area is 72.4 Å². The molecule has 1 N–H and O–H groups in total. The van der Waals surface area contributed by atoms with Gasteiger partial charge in [-0.25, -0.2) is 0 Å². The lowest BCUT2D eigenvalue weighted by Gasteiger charge is -1.94. The van der Waals surface area contributed by atoms with E-state index in [1.807, 2.05) is 37.4 Å². The van der Waals surface area contributed by atoms with E-state index in [1.54, 1.807) is 0 Å². The Morgan fingerprint density at radius 3 is 2.08 bits per heavy atom. The van der Waals surface area contributed by atoms with Gasteiger partial charge in [0.15, 0.2) is 0 Å². The Balaban J connectivity index is 0.000000261. The Morgan fingerprint density at radius 1 is 1.33 bits per heavy atom. The molecular formula is C9H13NO2. The molecule has 0 aliphatic rings. The molecule has 12 heavy (non-hydrogen) atoms. The summed E-state index contributed by atoms with van der Waals surface area (Å²) >= 11 is 0. The van der Waals surface area contributed by atoms with Crippen molar-refractivity contribution in [3.8, 4) is 0 Å². The summed E-state index contributed by atoms with van der Waals surface area (Å²) in [6, 6.07) is 10.1. The van der Waals surface area contributed by atoms with Gasteiger partial charge in [0.25, 0.3) is 6.47 Å². The molecule has 3 heteroatoms. The van der Waals surface area contributed by atoms with Crippen molar-refractivity contribution in [1.29, 1.82) is 0 Å². The molecule has 0 unspecified atom stereocenters. The minimum atomic E-state index is 0.375. The molecular weight excluding hydrogens is 154 g/mol. The predicted octanol–water partition coefficient (Wildman–Crippen LogP) is 1.52. The van der Waals surface area contributed by atoms with Crippen LogP contribution in [0.1, 0.15) is 0 Å². The fourth-order valence-electron chi connectivity index (χ4n) is 0.605. The maximum atomic E-state index is 8.95. The molecule has 1 rings (SSSR count). The summed E-state index contributed by atoms with van der Waals surface area (Å²) in [5, 5.41) is 3.03. The number of hydrogen-bond acceptors (Lipinski definition) is 3.